The van der Waals surface area contributed by atoms with Gasteiger partial charge in [0.2, 0.25) is 5.91 Å². The number of carbonyl (C=O) groups excluding carboxylic acids is 2. The maximum atomic E-state index is 12.3. The zero-order chi connectivity index (χ0) is 23.2. The number of hydrazine groups is 1. The topological polar surface area (TPSA) is 96.1 Å². The van der Waals surface area contributed by atoms with Crippen LogP contribution in [-0.2, 0) is 11.2 Å². The average Bonchev–Trinajstić information content (AvgIpc) is 3.20. The molecular formula is C25H23ClN4O3. The third-order valence-electron chi connectivity index (χ3n) is 5.29. The van der Waals surface area contributed by atoms with E-state index in [0.717, 1.165) is 27.9 Å². The number of halogens is 1. The Bertz CT molecular complexity index is 1290. The minimum absolute atomic E-state index is 0.237. The van der Waals surface area contributed by atoms with Crippen LogP contribution in [0, 0.1) is 0 Å². The van der Waals surface area contributed by atoms with Crippen LogP contribution in [-0.4, -0.2) is 28.9 Å². The number of nitrogens with zero attached hydrogens (tertiary/aromatic N) is 1. The smallest absolute Gasteiger partial charge is 0.273 e. The van der Waals surface area contributed by atoms with Crippen LogP contribution in [0.5, 0.6) is 5.75 Å². The SMILES string of the molecule is COc1ccccc1C(=O)NNC(=O)CCCc1c(-c2ccccn2)[nH]c2ccc(Cl)cc12. The van der Waals surface area contributed by atoms with E-state index in [1.165, 1.54) is 7.11 Å². The van der Waals surface area contributed by atoms with Crippen LogP contribution in [0.1, 0.15) is 28.8 Å². The van der Waals surface area contributed by atoms with Crippen molar-refractivity contribution in [3.05, 3.63) is 83.0 Å². The van der Waals surface area contributed by atoms with Crippen LogP contribution >= 0.6 is 11.6 Å². The van der Waals surface area contributed by atoms with E-state index in [1.807, 2.05) is 36.4 Å². The van der Waals surface area contributed by atoms with E-state index in [1.54, 1.807) is 30.5 Å². The molecule has 0 bridgehead atoms. The van der Waals surface area contributed by atoms with E-state index >= 15 is 0 Å². The van der Waals surface area contributed by atoms with Crippen molar-refractivity contribution in [3.8, 4) is 17.1 Å². The van der Waals surface area contributed by atoms with Crippen molar-refractivity contribution in [1.82, 2.24) is 20.8 Å². The standard InChI is InChI=1S/C25H23ClN4O3/c1-33-22-10-3-2-7-18(22)25(32)30-29-23(31)11-6-8-17-19-15-16(26)12-13-20(19)28-24(17)21-9-4-5-14-27-21/h2-5,7,9-10,12-15,28H,6,8,11H2,1H3,(H,29,31)(H,30,32). The summed E-state index contributed by atoms with van der Waals surface area (Å²) < 4.78 is 5.18. The summed E-state index contributed by atoms with van der Waals surface area (Å²) in [5.41, 5.74) is 9.01. The molecule has 0 saturated heterocycles. The van der Waals surface area contributed by atoms with Gasteiger partial charge in [0.15, 0.2) is 0 Å². The van der Waals surface area contributed by atoms with Crippen LogP contribution < -0.4 is 15.6 Å². The monoisotopic (exact) mass is 462 g/mol. The minimum atomic E-state index is -0.440. The number of para-hydroxylation sites is 1. The molecule has 3 N–H and O–H groups in total. The molecule has 0 atom stereocenters. The van der Waals surface area contributed by atoms with Gasteiger partial charge in [-0.05, 0) is 60.9 Å². The first-order valence-electron chi connectivity index (χ1n) is 10.5. The molecule has 2 aromatic carbocycles. The van der Waals surface area contributed by atoms with Crippen molar-refractivity contribution in [2.75, 3.05) is 7.11 Å². The number of aromatic nitrogens is 2. The Labute approximate surface area is 196 Å². The van der Waals surface area contributed by atoms with Gasteiger partial charge in [-0.2, -0.15) is 0 Å². The van der Waals surface area contributed by atoms with Gasteiger partial charge in [0.25, 0.3) is 5.91 Å². The van der Waals surface area contributed by atoms with E-state index in [0.29, 0.717) is 29.2 Å². The summed E-state index contributed by atoms with van der Waals surface area (Å²) in [5.74, 6) is -0.288. The molecule has 0 saturated carbocycles. The van der Waals surface area contributed by atoms with E-state index in [9.17, 15) is 9.59 Å². The first-order valence-corrected chi connectivity index (χ1v) is 10.9. The number of aromatic amines is 1. The predicted octanol–water partition coefficient (Wildman–Crippen LogP) is 4.68. The van der Waals surface area contributed by atoms with Gasteiger partial charge in [0.1, 0.15) is 5.75 Å². The zero-order valence-electron chi connectivity index (χ0n) is 18.0. The number of amides is 2. The Kier molecular flexibility index (Phi) is 6.90. The number of benzene rings is 2. The number of hydrogen-bond acceptors (Lipinski definition) is 4. The lowest BCUT2D eigenvalue weighted by atomic mass is 10.0. The fraction of sp³-hybridized carbons (Fsp3) is 0.160. The van der Waals surface area contributed by atoms with E-state index in [2.05, 4.69) is 20.8 Å². The van der Waals surface area contributed by atoms with Crippen LogP contribution in [0.4, 0.5) is 0 Å². The fourth-order valence-electron chi connectivity index (χ4n) is 3.72. The normalized spacial score (nSPS) is 10.7. The summed E-state index contributed by atoms with van der Waals surface area (Å²) >= 11 is 6.23. The number of fused-ring (bicyclic) bond motifs is 1. The maximum absolute atomic E-state index is 12.3. The van der Waals surface area contributed by atoms with Crippen LogP contribution in [0.25, 0.3) is 22.3 Å². The van der Waals surface area contributed by atoms with E-state index in [-0.39, 0.29) is 12.3 Å². The summed E-state index contributed by atoms with van der Waals surface area (Å²) in [4.78, 5) is 32.6. The third kappa shape index (κ3) is 5.15. The number of nitrogens with one attached hydrogen (secondary N) is 3. The van der Waals surface area contributed by atoms with Gasteiger partial charge in [-0.25, -0.2) is 0 Å². The lowest BCUT2D eigenvalue weighted by molar-refractivity contribution is -0.121. The highest BCUT2D eigenvalue weighted by Crippen LogP contribution is 2.32. The van der Waals surface area contributed by atoms with Crippen LogP contribution in [0.3, 0.4) is 0 Å². The van der Waals surface area contributed by atoms with E-state index < -0.39 is 5.91 Å². The molecule has 8 heteroatoms. The Morgan fingerprint density at radius 1 is 1.06 bits per heavy atom. The molecule has 0 aliphatic carbocycles. The first kappa shape index (κ1) is 22.4. The highest BCUT2D eigenvalue weighted by atomic mass is 35.5. The lowest BCUT2D eigenvalue weighted by Crippen LogP contribution is -2.41. The first-order chi connectivity index (χ1) is 16.1. The quantitative estimate of drug-likeness (QED) is 0.347. The largest absolute Gasteiger partial charge is 0.496 e. The number of H-pyrrole nitrogens is 1. The number of carbonyl (C=O) groups is 2. The molecule has 168 valence electrons. The maximum Gasteiger partial charge on any atom is 0.273 e. The van der Waals surface area contributed by atoms with Gasteiger partial charge in [-0.3, -0.25) is 25.4 Å². The molecule has 2 heterocycles. The molecule has 0 unspecified atom stereocenters. The number of rotatable bonds is 7. The molecule has 2 amide bonds. The zero-order valence-corrected chi connectivity index (χ0v) is 18.8. The lowest BCUT2D eigenvalue weighted by Gasteiger charge is -2.10. The number of methoxy groups -OCH3 is 1. The molecule has 0 fully saturated rings. The fourth-order valence-corrected chi connectivity index (χ4v) is 3.90. The Morgan fingerprint density at radius 3 is 2.67 bits per heavy atom. The van der Waals surface area contributed by atoms with Crippen molar-refractivity contribution >= 4 is 34.3 Å². The molecular weight excluding hydrogens is 440 g/mol. The molecule has 0 aliphatic heterocycles. The summed E-state index contributed by atoms with van der Waals surface area (Å²) in [5, 5.41) is 1.65. The molecule has 2 aromatic heterocycles. The number of hydrogen-bond donors (Lipinski definition) is 3. The second-order valence-corrected chi connectivity index (χ2v) is 7.88. The molecule has 0 spiro atoms. The number of ether oxygens (including phenoxy) is 1. The van der Waals surface area contributed by atoms with Gasteiger partial charge in [-0.15, -0.1) is 0 Å². The van der Waals surface area contributed by atoms with Gasteiger partial charge in [0.05, 0.1) is 24.1 Å². The van der Waals surface area contributed by atoms with Crippen molar-refractivity contribution in [1.29, 1.82) is 0 Å². The number of pyridine rings is 1. The second-order valence-electron chi connectivity index (χ2n) is 7.44. The van der Waals surface area contributed by atoms with Crippen LogP contribution in [0.15, 0.2) is 66.9 Å². The van der Waals surface area contributed by atoms with Crippen molar-refractivity contribution < 1.29 is 14.3 Å². The number of aryl methyl sites for hydroxylation is 1. The molecule has 0 aliphatic rings. The molecule has 7 nitrogen and oxygen atoms in total. The van der Waals surface area contributed by atoms with Gasteiger partial charge in [0, 0.05) is 28.5 Å². The Balaban J connectivity index is 1.41. The highest BCUT2D eigenvalue weighted by Gasteiger charge is 2.16. The summed E-state index contributed by atoms with van der Waals surface area (Å²) in [6.07, 6.45) is 3.20. The van der Waals surface area contributed by atoms with Gasteiger partial charge in [-0.1, -0.05) is 29.8 Å². The second kappa shape index (κ2) is 10.2. The third-order valence-corrected chi connectivity index (χ3v) is 5.52. The van der Waals surface area contributed by atoms with Crippen LogP contribution in [0.2, 0.25) is 5.02 Å². The summed E-state index contributed by atoms with van der Waals surface area (Å²) in [6, 6.07) is 18.2. The van der Waals surface area contributed by atoms with Gasteiger partial charge < -0.3 is 9.72 Å². The molecule has 0 radical (unpaired) electrons. The highest BCUT2D eigenvalue weighted by molar-refractivity contribution is 6.31. The summed E-state index contributed by atoms with van der Waals surface area (Å²) in [6.45, 7) is 0. The summed E-state index contributed by atoms with van der Waals surface area (Å²) in [7, 11) is 1.49. The minimum Gasteiger partial charge on any atom is -0.496 e. The molecule has 4 aromatic rings. The van der Waals surface area contributed by atoms with Crippen molar-refractivity contribution in [3.63, 3.8) is 0 Å². The van der Waals surface area contributed by atoms with Crippen molar-refractivity contribution in [2.24, 2.45) is 0 Å². The Hall–Kier alpha value is -3.84. The molecule has 33 heavy (non-hydrogen) atoms. The van der Waals surface area contributed by atoms with Crippen molar-refractivity contribution in [2.45, 2.75) is 19.3 Å². The molecule has 4 rings (SSSR count). The average molecular weight is 463 g/mol. The Morgan fingerprint density at radius 2 is 1.88 bits per heavy atom. The van der Waals surface area contributed by atoms with E-state index in [4.69, 9.17) is 16.3 Å². The van der Waals surface area contributed by atoms with Gasteiger partial charge >= 0.3 is 0 Å². The predicted molar refractivity (Wildman–Crippen MR) is 128 cm³/mol.